The minimum atomic E-state index is -3.06. The van der Waals surface area contributed by atoms with Gasteiger partial charge in [-0.15, -0.1) is 0 Å². The molecule has 12 nitrogen and oxygen atoms in total. The van der Waals surface area contributed by atoms with Gasteiger partial charge in [-0.25, -0.2) is 10.2 Å². The van der Waals surface area contributed by atoms with Crippen molar-refractivity contribution >= 4 is 35.1 Å². The topological polar surface area (TPSA) is 200 Å². The summed E-state index contributed by atoms with van der Waals surface area (Å²) in [7, 11) is 0. The van der Waals surface area contributed by atoms with Gasteiger partial charge < -0.3 is 29.9 Å². The molecule has 1 aromatic carbocycles. The number of hydrogen-bond acceptors (Lipinski definition) is 9. The number of benzene rings is 1. The number of hydrazone groups is 1. The van der Waals surface area contributed by atoms with Crippen LogP contribution < -0.4 is 5.43 Å². The molecule has 0 aromatic heterocycles. The third kappa shape index (κ3) is 4.00. The number of amides is 2. The molecule has 1 aromatic rings. The Kier molecular flexibility index (Phi) is 6.13. The van der Waals surface area contributed by atoms with Gasteiger partial charge in [-0.3, -0.25) is 13.8 Å². The largest absolute Gasteiger partial charge is 0.772 e. The van der Waals surface area contributed by atoms with Crippen molar-refractivity contribution in [1.29, 1.82) is 0 Å². The molecule has 1 unspecified atom stereocenters. The Morgan fingerprint density at radius 1 is 1.38 bits per heavy atom. The lowest BCUT2D eigenvalue weighted by atomic mass is 9.92. The highest BCUT2D eigenvalue weighted by Crippen LogP contribution is 2.37. The summed E-state index contributed by atoms with van der Waals surface area (Å²) in [6, 6.07) is -0.377. The van der Waals surface area contributed by atoms with Crippen LogP contribution in [0.3, 0.4) is 0 Å². The number of aromatic hydroxyl groups is 3. The second kappa shape index (κ2) is 8.05. The predicted molar refractivity (Wildman–Crippen MR) is 97.1 cm³/mol. The van der Waals surface area contributed by atoms with Crippen LogP contribution in [-0.2, 0) is 20.7 Å². The Bertz CT molecular complexity index is 919. The van der Waals surface area contributed by atoms with E-state index in [1.807, 2.05) is 5.43 Å². The molecule has 13 heteroatoms. The number of carboxylic acid groups (broad SMARTS) is 1. The van der Waals surface area contributed by atoms with Crippen LogP contribution >= 0.6 is 0 Å². The monoisotopic (exact) mass is 428 g/mol. The standard InChI is InChI=1S/C16H19N3O9S/c1-7-5-10(21)19(7)13(15(25)26)16(2,29(27)28)6-17-18-14(24)8-3-4-9(20)12(23)11(8)22/h3-4,6-7,13,20,22-23H,5H2,1-2H3,(H,18,24)(H,25,26)(H,27,28)/p-1/b17-6+/t7-,13+,16+/m1/s1. The van der Waals surface area contributed by atoms with Gasteiger partial charge in [0.25, 0.3) is 5.91 Å². The zero-order chi connectivity index (χ0) is 22.1. The lowest BCUT2D eigenvalue weighted by Crippen LogP contribution is -2.67. The van der Waals surface area contributed by atoms with Crippen LogP contribution in [0.1, 0.15) is 30.6 Å². The summed E-state index contributed by atoms with van der Waals surface area (Å²) in [5.74, 6) is -5.73. The molecule has 0 spiro atoms. The first-order chi connectivity index (χ1) is 13.4. The molecule has 2 rings (SSSR count). The van der Waals surface area contributed by atoms with Crippen molar-refractivity contribution in [3.8, 4) is 17.2 Å². The number of nitrogens with one attached hydrogen (secondary N) is 1. The number of carbonyl (C=O) groups excluding carboxylic acids is 2. The van der Waals surface area contributed by atoms with Crippen molar-refractivity contribution in [2.24, 2.45) is 5.10 Å². The van der Waals surface area contributed by atoms with Crippen molar-refractivity contribution in [3.63, 3.8) is 0 Å². The number of carbonyl (C=O) groups is 3. The van der Waals surface area contributed by atoms with Gasteiger partial charge >= 0.3 is 5.97 Å². The number of carboxylic acids is 1. The van der Waals surface area contributed by atoms with Gasteiger partial charge in [-0.2, -0.15) is 5.10 Å². The van der Waals surface area contributed by atoms with E-state index in [1.165, 1.54) is 0 Å². The Morgan fingerprint density at radius 3 is 2.48 bits per heavy atom. The molecule has 29 heavy (non-hydrogen) atoms. The molecule has 2 amide bonds. The van der Waals surface area contributed by atoms with E-state index in [9.17, 15) is 43.6 Å². The normalized spacial score (nSPS) is 20.6. The summed E-state index contributed by atoms with van der Waals surface area (Å²) >= 11 is -3.06. The maximum Gasteiger partial charge on any atom is 0.328 e. The molecule has 5 N–H and O–H groups in total. The smallest absolute Gasteiger partial charge is 0.328 e. The highest BCUT2D eigenvalue weighted by Gasteiger charge is 2.51. The first kappa shape index (κ1) is 22.1. The van der Waals surface area contributed by atoms with Crippen LogP contribution in [0.25, 0.3) is 0 Å². The summed E-state index contributed by atoms with van der Waals surface area (Å²) in [5.41, 5.74) is 1.41. The van der Waals surface area contributed by atoms with E-state index in [2.05, 4.69) is 5.10 Å². The van der Waals surface area contributed by atoms with E-state index in [0.717, 1.165) is 24.0 Å². The van der Waals surface area contributed by atoms with Gasteiger partial charge in [-0.1, -0.05) is 0 Å². The van der Waals surface area contributed by atoms with Gasteiger partial charge in [0.05, 0.1) is 10.3 Å². The maximum absolute atomic E-state index is 12.1. The summed E-state index contributed by atoms with van der Waals surface area (Å²) in [5, 5.41) is 41.3. The van der Waals surface area contributed by atoms with Gasteiger partial charge in [-0.05, 0) is 37.1 Å². The summed E-state index contributed by atoms with van der Waals surface area (Å²) in [6.45, 7) is 2.58. The second-order valence-electron chi connectivity index (χ2n) is 6.54. The molecule has 1 fully saturated rings. The molecule has 1 heterocycles. The van der Waals surface area contributed by atoms with Crippen molar-refractivity contribution in [3.05, 3.63) is 17.7 Å². The third-order valence-electron chi connectivity index (χ3n) is 4.51. The lowest BCUT2D eigenvalue weighted by molar-refractivity contribution is -0.161. The second-order valence-corrected chi connectivity index (χ2v) is 7.89. The van der Waals surface area contributed by atoms with Crippen LogP contribution in [0, 0.1) is 0 Å². The van der Waals surface area contributed by atoms with Crippen LogP contribution in [0.2, 0.25) is 0 Å². The minimum absolute atomic E-state index is 0.0723. The number of phenols is 3. The van der Waals surface area contributed by atoms with Crippen molar-refractivity contribution < 1.29 is 43.6 Å². The van der Waals surface area contributed by atoms with Gasteiger partial charge in [0.15, 0.2) is 17.5 Å². The number of aliphatic carboxylic acids is 1. The molecule has 0 radical (unpaired) electrons. The molecular weight excluding hydrogens is 410 g/mol. The van der Waals surface area contributed by atoms with E-state index in [-0.39, 0.29) is 6.42 Å². The lowest BCUT2D eigenvalue weighted by Gasteiger charge is -2.48. The molecule has 1 saturated heterocycles. The fourth-order valence-corrected chi connectivity index (χ4v) is 3.40. The van der Waals surface area contributed by atoms with E-state index < -0.39 is 68.5 Å². The molecule has 1 aliphatic rings. The molecule has 0 aliphatic carbocycles. The fourth-order valence-electron chi connectivity index (χ4n) is 2.86. The summed E-state index contributed by atoms with van der Waals surface area (Å²) in [6.07, 6.45) is 0.727. The number of β-lactam (4-membered cyclic amide) rings is 1. The average Bonchev–Trinajstić information content (AvgIpc) is 2.63. The number of hydrogen-bond donors (Lipinski definition) is 5. The highest BCUT2D eigenvalue weighted by molar-refractivity contribution is 7.81. The molecule has 4 atom stereocenters. The fraction of sp³-hybridized carbons (Fsp3) is 0.375. The first-order valence-electron chi connectivity index (χ1n) is 8.13. The molecule has 1 aliphatic heterocycles. The quantitative estimate of drug-likeness (QED) is 0.122. The number of likely N-dealkylation sites (tertiary alicyclic amines) is 1. The number of nitrogens with zero attached hydrogens (tertiary/aromatic N) is 2. The summed E-state index contributed by atoms with van der Waals surface area (Å²) in [4.78, 5) is 36.5. The third-order valence-corrected chi connectivity index (χ3v) is 5.56. The minimum Gasteiger partial charge on any atom is -0.772 e. The molecule has 0 saturated carbocycles. The van der Waals surface area contributed by atoms with E-state index >= 15 is 0 Å². The Labute approximate surface area is 166 Å². The number of phenolic OH excluding ortho intramolecular Hbond substituents is 3. The van der Waals surface area contributed by atoms with Gasteiger partial charge in [0.2, 0.25) is 11.7 Å². The zero-order valence-corrected chi connectivity index (χ0v) is 16.0. The van der Waals surface area contributed by atoms with Crippen LogP contribution in [0.15, 0.2) is 17.2 Å². The Morgan fingerprint density at radius 2 is 2.00 bits per heavy atom. The number of rotatable bonds is 7. The first-order valence-corrected chi connectivity index (χ1v) is 9.21. The SMILES string of the molecule is C[C@@H]1CC(=O)N1[C@@H](C(=O)O)[C@](C)(/C=N/NC(=O)c1ccc(O)c(O)c1O)S(=O)[O-]. The van der Waals surface area contributed by atoms with E-state index in [0.29, 0.717) is 6.21 Å². The predicted octanol–water partition coefficient (Wildman–Crippen LogP) is -0.769. The van der Waals surface area contributed by atoms with E-state index in [1.54, 1.807) is 6.92 Å². The molecular formula is C16H18N3O9S-. The van der Waals surface area contributed by atoms with Crippen molar-refractivity contribution in [2.45, 2.75) is 37.1 Å². The van der Waals surface area contributed by atoms with E-state index in [4.69, 9.17) is 0 Å². The van der Waals surface area contributed by atoms with Crippen LogP contribution in [0.4, 0.5) is 0 Å². The molecule has 158 valence electrons. The van der Waals surface area contributed by atoms with Crippen molar-refractivity contribution in [1.82, 2.24) is 10.3 Å². The average molecular weight is 428 g/mol. The Hall–Kier alpha value is -3.19. The Balaban J connectivity index is 2.29. The zero-order valence-electron chi connectivity index (χ0n) is 15.2. The summed E-state index contributed by atoms with van der Waals surface area (Å²) < 4.78 is 21.4. The highest BCUT2D eigenvalue weighted by atomic mass is 32.2. The van der Waals surface area contributed by atoms with Crippen LogP contribution in [0.5, 0.6) is 17.2 Å². The maximum atomic E-state index is 12.1. The van der Waals surface area contributed by atoms with Crippen molar-refractivity contribution in [2.75, 3.05) is 0 Å². The van der Waals surface area contributed by atoms with Crippen LogP contribution in [-0.4, -0.2) is 74.9 Å². The van der Waals surface area contributed by atoms with Gasteiger partial charge in [0, 0.05) is 18.7 Å². The van der Waals surface area contributed by atoms with Gasteiger partial charge in [0.1, 0.15) is 0 Å². The molecule has 0 bridgehead atoms.